The number of carbonyl (C=O) groups is 2. The second-order valence-corrected chi connectivity index (χ2v) is 7.45. The second kappa shape index (κ2) is 9.44. The molecular formula is C25H19F2N3O3. The van der Waals surface area contributed by atoms with Crippen molar-refractivity contribution in [2.24, 2.45) is 5.16 Å². The molecule has 1 aliphatic rings. The van der Waals surface area contributed by atoms with Crippen LogP contribution in [0.5, 0.6) is 0 Å². The summed E-state index contributed by atoms with van der Waals surface area (Å²) in [4.78, 5) is 26.1. The Labute approximate surface area is 188 Å². The minimum Gasteiger partial charge on any atom is -0.410 e. The number of oxime groups is 1. The van der Waals surface area contributed by atoms with Crippen molar-refractivity contribution < 1.29 is 23.6 Å². The number of hydrogen-bond acceptors (Lipinski definition) is 5. The van der Waals surface area contributed by atoms with Crippen LogP contribution in [0, 0.1) is 11.6 Å². The van der Waals surface area contributed by atoms with Crippen LogP contribution in [0.3, 0.4) is 0 Å². The minimum atomic E-state index is -0.973. The highest BCUT2D eigenvalue weighted by molar-refractivity contribution is 6.26. The maximum atomic E-state index is 13.6. The maximum absolute atomic E-state index is 13.6. The Balaban J connectivity index is 1.64. The van der Waals surface area contributed by atoms with E-state index in [-0.39, 0.29) is 29.3 Å². The van der Waals surface area contributed by atoms with Crippen LogP contribution in [0.1, 0.15) is 21.5 Å². The number of carbonyl (C=O) groups excluding carboxylic acids is 2. The summed E-state index contributed by atoms with van der Waals surface area (Å²) in [5, 5.41) is 18.1. The molecular weight excluding hydrogens is 428 g/mol. The van der Waals surface area contributed by atoms with Gasteiger partial charge in [0.1, 0.15) is 23.4 Å². The van der Waals surface area contributed by atoms with Crippen molar-refractivity contribution in [3.05, 3.63) is 113 Å². The topological polar surface area (TPSA) is 90.8 Å². The molecule has 0 saturated heterocycles. The molecule has 0 fully saturated rings. The molecule has 1 unspecified atom stereocenters. The number of Topliss-reactive ketones (excluding diaryl/α,β-unsaturated/α-hetero) is 1. The van der Waals surface area contributed by atoms with E-state index in [4.69, 9.17) is 0 Å². The van der Waals surface area contributed by atoms with E-state index in [0.29, 0.717) is 17.2 Å². The highest BCUT2D eigenvalue weighted by Crippen LogP contribution is 2.22. The number of anilines is 1. The zero-order chi connectivity index (χ0) is 23.4. The van der Waals surface area contributed by atoms with Gasteiger partial charge in [0.2, 0.25) is 11.7 Å². The minimum absolute atomic E-state index is 0.0516. The van der Waals surface area contributed by atoms with E-state index in [1.807, 2.05) is 30.3 Å². The first kappa shape index (κ1) is 21.9. The Morgan fingerprint density at radius 2 is 1.58 bits per heavy atom. The van der Waals surface area contributed by atoms with E-state index < -0.39 is 23.6 Å². The summed E-state index contributed by atoms with van der Waals surface area (Å²) in [6, 6.07) is 17.5. The fourth-order valence-electron chi connectivity index (χ4n) is 3.62. The van der Waals surface area contributed by atoms with Crippen molar-refractivity contribution in [3.63, 3.8) is 0 Å². The van der Waals surface area contributed by atoms with E-state index >= 15 is 0 Å². The Hall–Kier alpha value is -4.33. The molecule has 1 amide bonds. The number of amides is 1. The van der Waals surface area contributed by atoms with Gasteiger partial charge in [-0.05, 0) is 23.8 Å². The summed E-state index contributed by atoms with van der Waals surface area (Å²) in [5.41, 5.74) is 1.76. The number of hydrogen-bond donors (Lipinski definition) is 3. The Bertz CT molecular complexity index is 1250. The molecule has 166 valence electrons. The third-order valence-corrected chi connectivity index (χ3v) is 5.14. The largest absolute Gasteiger partial charge is 0.410 e. The van der Waals surface area contributed by atoms with Crippen molar-refractivity contribution in [1.82, 2.24) is 5.32 Å². The van der Waals surface area contributed by atoms with Gasteiger partial charge in [0, 0.05) is 29.3 Å². The number of ketones is 1. The molecule has 8 heteroatoms. The third kappa shape index (κ3) is 4.95. The molecule has 1 aliphatic carbocycles. The predicted molar refractivity (Wildman–Crippen MR) is 119 cm³/mol. The standard InChI is InChI=1S/C25H19F2N3O3/c26-16-11-17(27)13-18(12-16)28-25(32)23(10-15-6-2-1-3-7-15)29-22-14-21(30-33)19-8-4-5-9-20(19)24(22)31/h1-9,11-14,23,29,33H,10H2,(H,28,32). The first-order valence-corrected chi connectivity index (χ1v) is 10.1. The van der Waals surface area contributed by atoms with Gasteiger partial charge < -0.3 is 15.8 Å². The summed E-state index contributed by atoms with van der Waals surface area (Å²) >= 11 is 0. The van der Waals surface area contributed by atoms with Crippen LogP contribution in [-0.4, -0.2) is 28.7 Å². The van der Waals surface area contributed by atoms with Crippen LogP contribution in [0.2, 0.25) is 0 Å². The van der Waals surface area contributed by atoms with Crippen LogP contribution >= 0.6 is 0 Å². The SMILES string of the molecule is O=C1C(NC(Cc2ccccc2)C(=O)Nc2cc(F)cc(F)c2)=CC(=NO)c2ccccc21. The van der Waals surface area contributed by atoms with Crippen molar-refractivity contribution >= 4 is 23.1 Å². The average Bonchev–Trinajstić information content (AvgIpc) is 2.80. The van der Waals surface area contributed by atoms with Gasteiger partial charge in [-0.3, -0.25) is 9.59 Å². The van der Waals surface area contributed by atoms with Crippen molar-refractivity contribution in [2.75, 3.05) is 5.32 Å². The first-order valence-electron chi connectivity index (χ1n) is 10.1. The Morgan fingerprint density at radius 3 is 2.24 bits per heavy atom. The van der Waals surface area contributed by atoms with Gasteiger partial charge in [-0.2, -0.15) is 0 Å². The average molecular weight is 447 g/mol. The first-order chi connectivity index (χ1) is 15.9. The molecule has 4 rings (SSSR count). The normalized spacial score (nSPS) is 14.9. The summed E-state index contributed by atoms with van der Waals surface area (Å²) in [6.07, 6.45) is 1.54. The molecule has 6 nitrogen and oxygen atoms in total. The van der Waals surface area contributed by atoms with Crippen LogP contribution in [0.4, 0.5) is 14.5 Å². The molecule has 3 N–H and O–H groups in total. The molecule has 0 aliphatic heterocycles. The number of fused-ring (bicyclic) bond motifs is 1. The van der Waals surface area contributed by atoms with E-state index in [1.165, 1.54) is 6.08 Å². The van der Waals surface area contributed by atoms with Crippen LogP contribution in [-0.2, 0) is 11.2 Å². The van der Waals surface area contributed by atoms with Gasteiger partial charge in [-0.1, -0.05) is 59.8 Å². The molecule has 1 atom stereocenters. The summed E-state index contributed by atoms with van der Waals surface area (Å²) < 4.78 is 27.2. The lowest BCUT2D eigenvalue weighted by atomic mass is 9.91. The van der Waals surface area contributed by atoms with Gasteiger partial charge in [0.25, 0.3) is 0 Å². The molecule has 0 saturated carbocycles. The summed E-state index contributed by atoms with van der Waals surface area (Å²) in [5.74, 6) is -2.63. The van der Waals surface area contributed by atoms with Gasteiger partial charge >= 0.3 is 0 Å². The Kier molecular flexibility index (Phi) is 6.26. The van der Waals surface area contributed by atoms with E-state index in [9.17, 15) is 23.6 Å². The van der Waals surface area contributed by atoms with Crippen molar-refractivity contribution in [2.45, 2.75) is 12.5 Å². The van der Waals surface area contributed by atoms with Crippen LogP contribution in [0.25, 0.3) is 0 Å². The number of benzene rings is 3. The fraction of sp³-hybridized carbons (Fsp3) is 0.0800. The Morgan fingerprint density at radius 1 is 0.939 bits per heavy atom. The molecule has 0 spiro atoms. The molecule has 0 heterocycles. The molecule has 0 radical (unpaired) electrons. The summed E-state index contributed by atoms with van der Waals surface area (Å²) in [7, 11) is 0. The maximum Gasteiger partial charge on any atom is 0.247 e. The monoisotopic (exact) mass is 447 g/mol. The number of nitrogens with zero attached hydrogens (tertiary/aromatic N) is 1. The molecule has 33 heavy (non-hydrogen) atoms. The lowest BCUT2D eigenvalue weighted by molar-refractivity contribution is -0.117. The van der Waals surface area contributed by atoms with E-state index in [2.05, 4.69) is 15.8 Å². The lowest BCUT2D eigenvalue weighted by Crippen LogP contribution is -2.44. The van der Waals surface area contributed by atoms with E-state index in [1.54, 1.807) is 24.3 Å². The number of allylic oxidation sites excluding steroid dienone is 2. The van der Waals surface area contributed by atoms with Crippen LogP contribution in [0.15, 0.2) is 89.7 Å². The van der Waals surface area contributed by atoms with Crippen LogP contribution < -0.4 is 10.6 Å². The third-order valence-electron chi connectivity index (χ3n) is 5.14. The number of nitrogens with one attached hydrogen (secondary N) is 2. The van der Waals surface area contributed by atoms with Crippen molar-refractivity contribution in [3.8, 4) is 0 Å². The van der Waals surface area contributed by atoms with Gasteiger partial charge in [0.15, 0.2) is 0 Å². The highest BCUT2D eigenvalue weighted by atomic mass is 19.1. The summed E-state index contributed by atoms with van der Waals surface area (Å²) in [6.45, 7) is 0. The molecule has 3 aromatic carbocycles. The quantitative estimate of drug-likeness (QED) is 0.393. The predicted octanol–water partition coefficient (Wildman–Crippen LogP) is 4.06. The van der Waals surface area contributed by atoms with Gasteiger partial charge in [-0.15, -0.1) is 0 Å². The zero-order valence-corrected chi connectivity index (χ0v) is 17.3. The molecule has 3 aromatic rings. The van der Waals surface area contributed by atoms with Crippen molar-refractivity contribution in [1.29, 1.82) is 0 Å². The van der Waals surface area contributed by atoms with E-state index in [0.717, 1.165) is 17.7 Å². The van der Waals surface area contributed by atoms with Gasteiger partial charge in [0.05, 0.1) is 5.70 Å². The molecule has 0 aromatic heterocycles. The second-order valence-electron chi connectivity index (χ2n) is 7.45. The molecule has 0 bridgehead atoms. The number of halogens is 2. The zero-order valence-electron chi connectivity index (χ0n) is 17.3. The highest BCUT2D eigenvalue weighted by Gasteiger charge is 2.28. The van der Waals surface area contributed by atoms with Gasteiger partial charge in [-0.25, -0.2) is 8.78 Å². The lowest BCUT2D eigenvalue weighted by Gasteiger charge is -2.24. The fourth-order valence-corrected chi connectivity index (χ4v) is 3.62. The smallest absolute Gasteiger partial charge is 0.247 e. The number of rotatable bonds is 6.